The largest absolute Gasteiger partial charge is 0.480 e. The van der Waals surface area contributed by atoms with Gasteiger partial charge in [0.1, 0.15) is 11.7 Å². The van der Waals surface area contributed by atoms with E-state index >= 15 is 4.39 Å². The van der Waals surface area contributed by atoms with Crippen molar-refractivity contribution in [1.29, 1.82) is 0 Å². The van der Waals surface area contributed by atoms with Crippen LogP contribution in [0.4, 0.5) is 10.3 Å². The van der Waals surface area contributed by atoms with E-state index in [4.69, 9.17) is 33.5 Å². The minimum Gasteiger partial charge on any atom is -0.437 e. The number of nitrogens with one attached hydrogen (secondary N) is 1. The zero-order chi connectivity index (χ0) is 32.1. The molecule has 0 aliphatic rings. The van der Waals surface area contributed by atoms with E-state index in [1.807, 2.05) is 0 Å². The number of halogens is 1. The molecule has 16 nitrogen and oxygen atoms in total. The predicted molar refractivity (Wildman–Crippen MR) is 145 cm³/mol. The first-order valence-corrected chi connectivity index (χ1v) is 13.9. The van der Waals surface area contributed by atoms with Crippen molar-refractivity contribution in [3.8, 4) is 0 Å². The standard InChI is InChI=1S/C24H37FN5O11P/c1-9-24(36-8,15(31)16(25)30-11-27-14-17(30)28-21(26)29-18(14)32)10-39-42(35,40-12-37-19(33)22(2,3)4)41-13-38-20(34)23(5,6)7/h9,11,15-16,31H,1,10,12-13H2,2-8H3,(H3,26,28,29,32)/t15-,16-,24+/m0/s1. The number of aromatic nitrogens is 4. The number of alkyl halides is 1. The number of phosphoric acid groups is 1. The molecule has 0 radical (unpaired) electrons. The molecule has 0 spiro atoms. The summed E-state index contributed by atoms with van der Waals surface area (Å²) in [6.45, 7) is 10.3. The zero-order valence-electron chi connectivity index (χ0n) is 24.4. The number of methoxy groups -OCH3 is 1. The van der Waals surface area contributed by atoms with Crippen molar-refractivity contribution in [3.05, 3.63) is 29.3 Å². The highest BCUT2D eigenvalue weighted by molar-refractivity contribution is 7.48. The Labute approximate surface area is 240 Å². The smallest absolute Gasteiger partial charge is 0.437 e. The molecule has 0 amide bonds. The number of aromatic amines is 1. The molecule has 42 heavy (non-hydrogen) atoms. The molecule has 3 atom stereocenters. The van der Waals surface area contributed by atoms with E-state index in [2.05, 4.69) is 21.5 Å². The van der Waals surface area contributed by atoms with E-state index in [1.165, 1.54) is 0 Å². The normalized spacial score (nSPS) is 15.5. The van der Waals surface area contributed by atoms with Crippen molar-refractivity contribution in [2.45, 2.75) is 59.5 Å². The molecule has 0 aromatic carbocycles. The number of imidazole rings is 1. The van der Waals surface area contributed by atoms with Crippen molar-refractivity contribution in [1.82, 2.24) is 19.5 Å². The van der Waals surface area contributed by atoms with Crippen LogP contribution < -0.4 is 11.3 Å². The predicted octanol–water partition coefficient (Wildman–Crippen LogP) is 2.35. The number of nitrogen functional groups attached to an aromatic ring is 1. The number of nitrogens with zero attached hydrogens (tertiary/aromatic N) is 3. The molecule has 18 heteroatoms. The van der Waals surface area contributed by atoms with E-state index < -0.39 is 74.3 Å². The van der Waals surface area contributed by atoms with E-state index in [-0.39, 0.29) is 17.1 Å². The lowest BCUT2D eigenvalue weighted by Crippen LogP contribution is -2.49. The Balaban J connectivity index is 2.29. The molecular formula is C24H37FN5O11P. The summed E-state index contributed by atoms with van der Waals surface area (Å²) in [7, 11) is -3.67. The lowest BCUT2D eigenvalue weighted by Gasteiger charge is -2.36. The molecule has 2 rings (SSSR count). The maximum Gasteiger partial charge on any atom is 0.480 e. The molecule has 0 aliphatic heterocycles. The Morgan fingerprint density at radius 2 is 1.67 bits per heavy atom. The molecule has 2 heterocycles. The lowest BCUT2D eigenvalue weighted by molar-refractivity contribution is -0.165. The Bertz CT molecular complexity index is 1350. The van der Waals surface area contributed by atoms with Crippen molar-refractivity contribution in [2.24, 2.45) is 10.8 Å². The van der Waals surface area contributed by atoms with Crippen LogP contribution >= 0.6 is 7.82 Å². The van der Waals surface area contributed by atoms with Crippen LogP contribution in [0.3, 0.4) is 0 Å². The molecule has 0 saturated carbocycles. The molecule has 0 unspecified atom stereocenters. The van der Waals surface area contributed by atoms with Crippen molar-refractivity contribution < 1.29 is 51.4 Å². The topological polar surface area (TPSA) is 216 Å². The fourth-order valence-electron chi connectivity index (χ4n) is 3.05. The summed E-state index contributed by atoms with van der Waals surface area (Å²) < 4.78 is 60.5. The quantitative estimate of drug-likeness (QED) is 0.119. The van der Waals surface area contributed by atoms with Gasteiger partial charge in [0, 0.05) is 7.11 Å². The van der Waals surface area contributed by atoms with E-state index in [9.17, 15) is 24.1 Å². The summed E-state index contributed by atoms with van der Waals surface area (Å²) in [6.07, 6.45) is -2.64. The number of anilines is 1. The summed E-state index contributed by atoms with van der Waals surface area (Å²) in [5, 5.41) is 11.0. The van der Waals surface area contributed by atoms with Crippen LogP contribution in [-0.2, 0) is 41.9 Å². The Hall–Kier alpha value is -3.21. The van der Waals surface area contributed by atoms with Gasteiger partial charge in [0.05, 0.1) is 23.8 Å². The van der Waals surface area contributed by atoms with Gasteiger partial charge in [-0.1, -0.05) is 6.08 Å². The number of aliphatic hydroxyl groups is 1. The summed E-state index contributed by atoms with van der Waals surface area (Å²) in [5.41, 5.74) is 0.305. The van der Waals surface area contributed by atoms with E-state index in [0.717, 1.165) is 24.1 Å². The number of fused-ring (bicyclic) bond motifs is 1. The average molecular weight is 622 g/mol. The molecule has 236 valence electrons. The number of aliphatic hydroxyl groups excluding tert-OH is 1. The summed E-state index contributed by atoms with van der Waals surface area (Å²) in [6, 6.07) is 0. The van der Waals surface area contributed by atoms with Gasteiger partial charge in [-0.15, -0.1) is 6.58 Å². The lowest BCUT2D eigenvalue weighted by atomic mass is 9.96. The molecule has 0 bridgehead atoms. The Kier molecular flexibility index (Phi) is 11.2. The van der Waals surface area contributed by atoms with Gasteiger partial charge in [0.2, 0.25) is 25.8 Å². The first-order chi connectivity index (χ1) is 19.3. The highest BCUT2D eigenvalue weighted by atomic mass is 31.2. The molecule has 2 aromatic rings. The molecule has 2 aromatic heterocycles. The zero-order valence-corrected chi connectivity index (χ0v) is 25.3. The number of rotatable bonds is 14. The second-order valence-electron chi connectivity index (χ2n) is 11.0. The Morgan fingerprint density at radius 1 is 1.14 bits per heavy atom. The summed E-state index contributed by atoms with van der Waals surface area (Å²) in [5.74, 6) is -1.74. The first kappa shape index (κ1) is 35.0. The third-order valence-corrected chi connectivity index (χ3v) is 6.97. The van der Waals surface area contributed by atoms with Gasteiger partial charge in [-0.3, -0.25) is 28.5 Å². The molecular weight excluding hydrogens is 584 g/mol. The summed E-state index contributed by atoms with van der Waals surface area (Å²) in [4.78, 5) is 46.1. The van der Waals surface area contributed by atoms with E-state index in [1.54, 1.807) is 41.5 Å². The van der Waals surface area contributed by atoms with Crippen molar-refractivity contribution in [2.75, 3.05) is 33.0 Å². The summed E-state index contributed by atoms with van der Waals surface area (Å²) >= 11 is 0. The number of carbonyl (C=O) groups excluding carboxylic acids is 2. The fraction of sp³-hybridized carbons (Fsp3) is 0.625. The Morgan fingerprint density at radius 3 is 2.12 bits per heavy atom. The number of nitrogens with two attached hydrogens (primary N) is 1. The van der Waals surface area contributed by atoms with Crippen LogP contribution in [0.25, 0.3) is 11.2 Å². The van der Waals surface area contributed by atoms with Gasteiger partial charge in [0.25, 0.3) is 5.56 Å². The molecule has 0 saturated heterocycles. The SMILES string of the molecule is C=C[C@](COP(=O)(OCOC(=O)C(C)(C)C)OCOC(=O)C(C)(C)C)(OC)[C@@H](O)[C@@H](F)n1cnc2c(=O)[nH]c(N)nc21. The van der Waals surface area contributed by atoms with Crippen LogP contribution in [0.2, 0.25) is 0 Å². The van der Waals surface area contributed by atoms with Gasteiger partial charge in [-0.05, 0) is 41.5 Å². The number of hydrogen-bond donors (Lipinski definition) is 3. The third kappa shape index (κ3) is 8.42. The van der Waals surface area contributed by atoms with Crippen LogP contribution in [0.5, 0.6) is 0 Å². The second kappa shape index (κ2) is 13.4. The van der Waals surface area contributed by atoms with Gasteiger partial charge in [-0.2, -0.15) is 4.98 Å². The number of ether oxygens (including phenoxy) is 3. The minimum absolute atomic E-state index is 0.252. The maximum atomic E-state index is 15.7. The number of hydrogen-bond acceptors (Lipinski definition) is 14. The highest BCUT2D eigenvalue weighted by Crippen LogP contribution is 2.51. The number of phosphoric ester groups is 1. The number of carbonyl (C=O) groups is 2. The number of esters is 2. The third-order valence-electron chi connectivity index (χ3n) is 5.68. The molecule has 4 N–H and O–H groups in total. The highest BCUT2D eigenvalue weighted by Gasteiger charge is 2.45. The monoisotopic (exact) mass is 621 g/mol. The van der Waals surface area contributed by atoms with Gasteiger partial charge in [0.15, 0.2) is 11.2 Å². The van der Waals surface area contributed by atoms with Crippen LogP contribution in [0.1, 0.15) is 47.8 Å². The molecule has 0 aliphatic carbocycles. The van der Waals surface area contributed by atoms with Crippen molar-refractivity contribution in [3.63, 3.8) is 0 Å². The fourth-order valence-corrected chi connectivity index (χ4v) is 4.00. The van der Waals surface area contributed by atoms with Crippen LogP contribution in [0, 0.1) is 10.8 Å². The molecule has 0 fully saturated rings. The van der Waals surface area contributed by atoms with Gasteiger partial charge >= 0.3 is 19.8 Å². The van der Waals surface area contributed by atoms with E-state index in [0.29, 0.717) is 0 Å². The van der Waals surface area contributed by atoms with Gasteiger partial charge in [-0.25, -0.2) is 23.0 Å². The van der Waals surface area contributed by atoms with Crippen LogP contribution in [0.15, 0.2) is 23.8 Å². The first-order valence-electron chi connectivity index (χ1n) is 12.4. The number of H-pyrrole nitrogens is 1. The van der Waals surface area contributed by atoms with Crippen LogP contribution in [-0.4, -0.2) is 75.6 Å². The van der Waals surface area contributed by atoms with Crippen molar-refractivity contribution >= 4 is 36.9 Å². The average Bonchev–Trinajstić information content (AvgIpc) is 3.32. The van der Waals surface area contributed by atoms with Gasteiger partial charge < -0.3 is 25.1 Å². The second-order valence-corrected chi connectivity index (χ2v) is 12.7. The minimum atomic E-state index is -4.75. The maximum absolute atomic E-state index is 15.7.